The Bertz CT molecular complexity index is 1440. The lowest BCUT2D eigenvalue weighted by atomic mass is 10.00. The molecule has 0 spiro atoms. The first-order chi connectivity index (χ1) is 23.2. The highest BCUT2D eigenvalue weighted by atomic mass is 16.6. The molecule has 1 N–H and O–H groups in total. The zero-order chi connectivity index (χ0) is 33.8. The van der Waals surface area contributed by atoms with Gasteiger partial charge in [0.05, 0.1) is 7.11 Å². The number of nitrogens with one attached hydrogen (secondary N) is 1. The van der Waals surface area contributed by atoms with Gasteiger partial charge in [-0.25, -0.2) is 9.59 Å². The molecule has 0 aromatic heterocycles. The van der Waals surface area contributed by atoms with Crippen LogP contribution in [0.2, 0.25) is 0 Å². The SMILES string of the molecule is COc1c(C)cc(C[C@@H](OC(=O)N2CCC(N3CCc4ccccc4NC3=O)CC2)C(=O)N2CCN(C3CCN(C)CC3)CC2)cc1C. The molecule has 4 amide bonds. The molecule has 11 nitrogen and oxygen atoms in total. The highest BCUT2D eigenvalue weighted by molar-refractivity contribution is 5.91. The number of hydrogen-bond acceptors (Lipinski definition) is 7. The highest BCUT2D eigenvalue weighted by Crippen LogP contribution is 2.28. The van der Waals surface area contributed by atoms with Gasteiger partial charge in [-0.3, -0.25) is 9.69 Å². The van der Waals surface area contributed by atoms with Gasteiger partial charge in [-0.15, -0.1) is 0 Å². The lowest BCUT2D eigenvalue weighted by Gasteiger charge is -2.42. The quantitative estimate of drug-likeness (QED) is 0.477. The first-order valence-electron chi connectivity index (χ1n) is 17.7. The standard InChI is InChI=1S/C37H52N6O5/c1-26-23-28(24-27(2)34(26)47-4)25-33(35(44)41-21-19-40(20-22-41)30-10-14-39(3)15-11-30)48-37(46)42-16-12-31(13-17-42)43-18-9-29-7-5-6-8-32(29)38-36(43)45/h5-8,23-24,30-31,33H,9-22,25H2,1-4H3,(H,38,45)/t33-/m1/s1. The Morgan fingerprint density at radius 1 is 0.854 bits per heavy atom. The molecule has 260 valence electrons. The molecule has 0 aliphatic carbocycles. The van der Waals surface area contributed by atoms with Crippen LogP contribution in [0.3, 0.4) is 0 Å². The van der Waals surface area contributed by atoms with Gasteiger partial charge in [-0.2, -0.15) is 0 Å². The molecule has 4 heterocycles. The molecule has 2 aromatic rings. The van der Waals surface area contributed by atoms with Crippen molar-refractivity contribution in [3.8, 4) is 5.75 Å². The number of carbonyl (C=O) groups is 3. The van der Waals surface area contributed by atoms with Gasteiger partial charge in [0.25, 0.3) is 5.91 Å². The van der Waals surface area contributed by atoms with E-state index in [0.29, 0.717) is 58.0 Å². The Morgan fingerprint density at radius 2 is 1.50 bits per heavy atom. The Kier molecular flexibility index (Phi) is 10.8. The molecule has 3 saturated heterocycles. The predicted octanol–water partition coefficient (Wildman–Crippen LogP) is 4.15. The number of urea groups is 1. The van der Waals surface area contributed by atoms with Crippen molar-refractivity contribution in [2.75, 3.05) is 78.4 Å². The van der Waals surface area contributed by atoms with Crippen LogP contribution in [0, 0.1) is 13.8 Å². The Balaban J connectivity index is 1.09. The summed E-state index contributed by atoms with van der Waals surface area (Å²) in [5, 5.41) is 3.06. The molecule has 4 aliphatic heterocycles. The van der Waals surface area contributed by atoms with Crippen LogP contribution in [0.25, 0.3) is 0 Å². The fourth-order valence-corrected chi connectivity index (χ4v) is 8.04. The third kappa shape index (κ3) is 7.73. The zero-order valence-electron chi connectivity index (χ0n) is 29.1. The van der Waals surface area contributed by atoms with Crippen LogP contribution in [0.15, 0.2) is 36.4 Å². The number of piperidine rings is 2. The van der Waals surface area contributed by atoms with E-state index in [9.17, 15) is 14.4 Å². The van der Waals surface area contributed by atoms with Crippen molar-refractivity contribution in [3.63, 3.8) is 0 Å². The third-order valence-corrected chi connectivity index (χ3v) is 10.8. The number of anilines is 1. The van der Waals surface area contributed by atoms with Gasteiger partial charge in [0.2, 0.25) is 0 Å². The molecule has 0 bridgehead atoms. The summed E-state index contributed by atoms with van der Waals surface area (Å²) < 4.78 is 11.7. The number of methoxy groups -OCH3 is 1. The van der Waals surface area contributed by atoms with Crippen molar-refractivity contribution < 1.29 is 23.9 Å². The van der Waals surface area contributed by atoms with Gasteiger partial charge < -0.3 is 34.4 Å². The number of rotatable bonds is 7. The maximum Gasteiger partial charge on any atom is 0.410 e. The van der Waals surface area contributed by atoms with Crippen molar-refractivity contribution in [1.29, 1.82) is 0 Å². The van der Waals surface area contributed by atoms with Gasteiger partial charge in [-0.05, 0) is 94.4 Å². The fraction of sp³-hybridized carbons (Fsp3) is 0.595. The van der Waals surface area contributed by atoms with Crippen molar-refractivity contribution in [2.24, 2.45) is 0 Å². The van der Waals surface area contributed by atoms with Crippen LogP contribution >= 0.6 is 0 Å². The molecule has 2 aromatic carbocycles. The van der Waals surface area contributed by atoms with Crippen LogP contribution in [-0.2, 0) is 22.4 Å². The number of para-hydroxylation sites is 1. The maximum atomic E-state index is 14.1. The van der Waals surface area contributed by atoms with E-state index in [0.717, 1.165) is 79.1 Å². The second kappa shape index (κ2) is 15.2. The Labute approximate surface area is 285 Å². The number of fused-ring (bicyclic) bond motifs is 1. The molecule has 0 saturated carbocycles. The van der Waals surface area contributed by atoms with Gasteiger partial charge in [0.1, 0.15) is 5.75 Å². The fourth-order valence-electron chi connectivity index (χ4n) is 8.04. The lowest BCUT2D eigenvalue weighted by molar-refractivity contribution is -0.143. The first kappa shape index (κ1) is 34.0. The molecular weight excluding hydrogens is 608 g/mol. The second-order valence-corrected chi connectivity index (χ2v) is 14.0. The summed E-state index contributed by atoms with van der Waals surface area (Å²) in [6.45, 7) is 10.7. The van der Waals surface area contributed by atoms with E-state index in [1.807, 2.05) is 54.0 Å². The largest absolute Gasteiger partial charge is 0.496 e. The zero-order valence-corrected chi connectivity index (χ0v) is 29.1. The van der Waals surface area contributed by atoms with Crippen molar-refractivity contribution in [3.05, 3.63) is 58.7 Å². The summed E-state index contributed by atoms with van der Waals surface area (Å²) in [5.74, 6) is 0.696. The molecule has 48 heavy (non-hydrogen) atoms. The van der Waals surface area contributed by atoms with Crippen molar-refractivity contribution in [2.45, 2.75) is 70.6 Å². The molecule has 6 rings (SSSR count). The third-order valence-electron chi connectivity index (χ3n) is 10.8. The normalized spacial score (nSPS) is 20.9. The van der Waals surface area contributed by atoms with Crippen LogP contribution in [-0.4, -0.2) is 134 Å². The number of carbonyl (C=O) groups excluding carboxylic acids is 3. The van der Waals surface area contributed by atoms with Gasteiger partial charge in [0.15, 0.2) is 6.10 Å². The van der Waals surface area contributed by atoms with E-state index in [1.54, 1.807) is 12.0 Å². The maximum absolute atomic E-state index is 14.1. The van der Waals surface area contributed by atoms with Crippen LogP contribution < -0.4 is 10.1 Å². The topological polar surface area (TPSA) is 97.9 Å². The molecule has 4 aliphatic rings. The minimum atomic E-state index is -0.924. The molecule has 0 unspecified atom stereocenters. The number of ether oxygens (including phenoxy) is 2. The summed E-state index contributed by atoms with van der Waals surface area (Å²) in [7, 11) is 3.84. The highest BCUT2D eigenvalue weighted by Gasteiger charge is 2.36. The summed E-state index contributed by atoms with van der Waals surface area (Å²) in [5.41, 5.74) is 4.91. The number of aryl methyl sites for hydroxylation is 2. The van der Waals surface area contributed by atoms with Crippen LogP contribution in [0.5, 0.6) is 5.75 Å². The number of amides is 4. The Morgan fingerprint density at radius 3 is 2.17 bits per heavy atom. The average molecular weight is 661 g/mol. The predicted molar refractivity (Wildman–Crippen MR) is 186 cm³/mol. The summed E-state index contributed by atoms with van der Waals surface area (Å²) in [4.78, 5) is 51.3. The Hall–Kier alpha value is -3.83. The molecule has 1 atom stereocenters. The molecule has 3 fully saturated rings. The van der Waals surface area contributed by atoms with Crippen molar-refractivity contribution in [1.82, 2.24) is 24.5 Å². The smallest absolute Gasteiger partial charge is 0.410 e. The molecule has 0 radical (unpaired) electrons. The van der Waals surface area contributed by atoms with E-state index >= 15 is 0 Å². The average Bonchev–Trinajstić information content (AvgIpc) is 3.26. The summed E-state index contributed by atoms with van der Waals surface area (Å²) >= 11 is 0. The number of nitrogens with zero attached hydrogens (tertiary/aromatic N) is 5. The number of benzene rings is 2. The van der Waals surface area contributed by atoms with Crippen LogP contribution in [0.1, 0.15) is 47.9 Å². The van der Waals surface area contributed by atoms with Gasteiger partial charge >= 0.3 is 12.1 Å². The summed E-state index contributed by atoms with van der Waals surface area (Å²) in [6.07, 6.45) is 3.34. The van der Waals surface area contributed by atoms with E-state index in [4.69, 9.17) is 9.47 Å². The minimum Gasteiger partial charge on any atom is -0.496 e. The number of likely N-dealkylation sites (tertiary alicyclic amines) is 2. The number of piperazine rings is 1. The lowest BCUT2D eigenvalue weighted by Crippen LogP contribution is -2.56. The molecular formula is C37H52N6O5. The minimum absolute atomic E-state index is 0.0342. The van der Waals surface area contributed by atoms with E-state index < -0.39 is 12.2 Å². The van der Waals surface area contributed by atoms with E-state index in [1.165, 1.54) is 0 Å². The van der Waals surface area contributed by atoms with E-state index in [-0.39, 0.29) is 18.0 Å². The summed E-state index contributed by atoms with van der Waals surface area (Å²) in [6, 6.07) is 12.5. The van der Waals surface area contributed by atoms with Gasteiger partial charge in [-0.1, -0.05) is 30.3 Å². The van der Waals surface area contributed by atoms with Crippen molar-refractivity contribution >= 4 is 23.7 Å². The second-order valence-electron chi connectivity index (χ2n) is 14.0. The monoisotopic (exact) mass is 660 g/mol. The van der Waals surface area contributed by atoms with Gasteiger partial charge in [0, 0.05) is 70.0 Å². The molecule has 11 heteroatoms. The first-order valence-corrected chi connectivity index (χ1v) is 17.7. The number of hydrogen-bond donors (Lipinski definition) is 1. The van der Waals surface area contributed by atoms with E-state index in [2.05, 4.69) is 28.2 Å². The van der Waals surface area contributed by atoms with Crippen LogP contribution in [0.4, 0.5) is 15.3 Å².